The highest BCUT2D eigenvalue weighted by atomic mass is 16.6. The summed E-state index contributed by atoms with van der Waals surface area (Å²) in [5.74, 6) is -0.301. The fraction of sp³-hybridized carbons (Fsp3) is 0.652. The van der Waals surface area contributed by atoms with Gasteiger partial charge in [-0.15, -0.1) is 0 Å². The molecule has 6 nitrogen and oxygen atoms in total. The second-order valence-electron chi connectivity index (χ2n) is 9.93. The van der Waals surface area contributed by atoms with E-state index in [-0.39, 0.29) is 12.4 Å². The van der Waals surface area contributed by atoms with Gasteiger partial charge in [-0.2, -0.15) is 0 Å². The molecule has 0 aliphatic carbocycles. The molecule has 1 saturated heterocycles. The molecular formula is C23H36N2O4. The van der Waals surface area contributed by atoms with E-state index in [0.717, 1.165) is 19.6 Å². The Labute approximate surface area is 174 Å². The predicted octanol–water partition coefficient (Wildman–Crippen LogP) is 4.28. The number of esters is 1. The van der Waals surface area contributed by atoms with Crippen LogP contribution < -0.4 is 5.32 Å². The average molecular weight is 405 g/mol. The van der Waals surface area contributed by atoms with Crippen LogP contribution in [0.3, 0.4) is 0 Å². The molecule has 6 heteroatoms. The number of carbonyl (C=O) groups is 2. The van der Waals surface area contributed by atoms with Crippen LogP contribution in [0.25, 0.3) is 0 Å². The zero-order valence-electron chi connectivity index (χ0n) is 18.7. The first-order valence-electron chi connectivity index (χ1n) is 10.4. The Balaban J connectivity index is 2.05. The van der Waals surface area contributed by atoms with Gasteiger partial charge in [0.25, 0.3) is 0 Å². The largest absolute Gasteiger partial charge is 0.460 e. The maximum atomic E-state index is 12.5. The van der Waals surface area contributed by atoms with Crippen molar-refractivity contribution in [3.05, 3.63) is 35.9 Å². The summed E-state index contributed by atoms with van der Waals surface area (Å²) in [5.41, 5.74) is -0.548. The van der Waals surface area contributed by atoms with Crippen LogP contribution in [0.1, 0.15) is 66.4 Å². The van der Waals surface area contributed by atoms with Crippen molar-refractivity contribution in [3.8, 4) is 0 Å². The summed E-state index contributed by atoms with van der Waals surface area (Å²) in [6.07, 6.45) is 0.983. The van der Waals surface area contributed by atoms with Gasteiger partial charge in [0.15, 0.2) is 0 Å². The zero-order valence-corrected chi connectivity index (χ0v) is 18.7. The first kappa shape index (κ1) is 23.2. The van der Waals surface area contributed by atoms with Crippen LogP contribution in [-0.2, 0) is 20.8 Å². The van der Waals surface area contributed by atoms with Gasteiger partial charge in [-0.3, -0.25) is 9.69 Å². The normalized spacial score (nSPS) is 17.4. The number of ether oxygens (including phenoxy) is 2. The van der Waals surface area contributed by atoms with Crippen molar-refractivity contribution < 1.29 is 19.1 Å². The summed E-state index contributed by atoms with van der Waals surface area (Å²) in [6.45, 7) is 13.5. The van der Waals surface area contributed by atoms with E-state index in [1.165, 1.54) is 5.56 Å². The van der Waals surface area contributed by atoms with Crippen LogP contribution in [-0.4, -0.2) is 46.8 Å². The Bertz CT molecular complexity index is 649. The molecule has 0 unspecified atom stereocenters. The van der Waals surface area contributed by atoms with Gasteiger partial charge in [0.2, 0.25) is 0 Å². The van der Waals surface area contributed by atoms with E-state index in [1.807, 2.05) is 59.7 Å². The summed E-state index contributed by atoms with van der Waals surface area (Å²) < 4.78 is 11.0. The second-order valence-corrected chi connectivity index (χ2v) is 9.93. The minimum atomic E-state index is -0.655. The van der Waals surface area contributed by atoms with Gasteiger partial charge < -0.3 is 14.8 Å². The minimum Gasteiger partial charge on any atom is -0.460 e. The molecule has 0 aromatic heterocycles. The van der Waals surface area contributed by atoms with Gasteiger partial charge in [-0.25, -0.2) is 4.79 Å². The third kappa shape index (κ3) is 8.44. The van der Waals surface area contributed by atoms with Gasteiger partial charge in [0.1, 0.15) is 11.2 Å². The van der Waals surface area contributed by atoms with Gasteiger partial charge in [0, 0.05) is 19.6 Å². The molecule has 1 amide bonds. The predicted molar refractivity (Wildman–Crippen MR) is 114 cm³/mol. The number of nitrogens with zero attached hydrogens (tertiary/aromatic N) is 1. The lowest BCUT2D eigenvalue weighted by molar-refractivity contribution is -0.157. The highest BCUT2D eigenvalue weighted by Crippen LogP contribution is 2.29. The molecule has 0 bridgehead atoms. The van der Waals surface area contributed by atoms with Gasteiger partial charge in [0.05, 0.1) is 12.0 Å². The number of piperidine rings is 1. The molecule has 1 fully saturated rings. The van der Waals surface area contributed by atoms with Crippen molar-refractivity contribution in [2.45, 2.75) is 84.1 Å². The number of rotatable bonds is 5. The van der Waals surface area contributed by atoms with E-state index in [0.29, 0.717) is 12.8 Å². The molecular weight excluding hydrogens is 368 g/mol. The van der Waals surface area contributed by atoms with E-state index in [4.69, 9.17) is 9.47 Å². The molecule has 1 heterocycles. The first-order chi connectivity index (χ1) is 13.4. The van der Waals surface area contributed by atoms with E-state index < -0.39 is 22.8 Å². The number of likely N-dealkylation sites (tertiary alicyclic amines) is 1. The number of hydrogen-bond acceptors (Lipinski definition) is 5. The highest BCUT2D eigenvalue weighted by Gasteiger charge is 2.40. The van der Waals surface area contributed by atoms with Crippen molar-refractivity contribution in [2.24, 2.45) is 0 Å². The van der Waals surface area contributed by atoms with E-state index >= 15 is 0 Å². The van der Waals surface area contributed by atoms with Crippen molar-refractivity contribution >= 4 is 12.1 Å². The summed E-state index contributed by atoms with van der Waals surface area (Å²) >= 11 is 0. The molecule has 1 aromatic carbocycles. The van der Waals surface area contributed by atoms with Crippen molar-refractivity contribution in [1.82, 2.24) is 10.2 Å². The van der Waals surface area contributed by atoms with E-state index in [2.05, 4.69) is 22.3 Å². The van der Waals surface area contributed by atoms with Crippen molar-refractivity contribution in [1.29, 1.82) is 0 Å². The fourth-order valence-corrected chi connectivity index (χ4v) is 3.50. The standard InChI is InChI=1S/C23H36N2O4/c1-21(2,3)28-19(26)16-23(24-20(27)29-22(4,5)6)12-14-25(15-13-23)17-18-10-8-7-9-11-18/h7-11H,12-17H2,1-6H3,(H,24,27). The summed E-state index contributed by atoms with van der Waals surface area (Å²) in [5, 5.41) is 3.00. The lowest BCUT2D eigenvalue weighted by atomic mass is 9.84. The van der Waals surface area contributed by atoms with E-state index in [1.54, 1.807) is 0 Å². The molecule has 1 aliphatic rings. The lowest BCUT2D eigenvalue weighted by Crippen LogP contribution is -2.57. The quantitative estimate of drug-likeness (QED) is 0.742. The second kappa shape index (κ2) is 9.16. The summed E-state index contributed by atoms with van der Waals surface area (Å²) in [4.78, 5) is 27.4. The van der Waals surface area contributed by atoms with Crippen LogP contribution in [0.5, 0.6) is 0 Å². The Morgan fingerprint density at radius 3 is 2.03 bits per heavy atom. The molecule has 1 N–H and O–H groups in total. The molecule has 1 aromatic rings. The van der Waals surface area contributed by atoms with Crippen molar-refractivity contribution in [2.75, 3.05) is 13.1 Å². The Kier molecular flexibility index (Phi) is 7.33. The molecule has 1 aliphatic heterocycles. The number of nitrogens with one attached hydrogen (secondary N) is 1. The van der Waals surface area contributed by atoms with E-state index in [9.17, 15) is 9.59 Å². The van der Waals surface area contributed by atoms with Crippen LogP contribution in [0, 0.1) is 0 Å². The van der Waals surface area contributed by atoms with Crippen LogP contribution in [0.4, 0.5) is 4.79 Å². The molecule has 29 heavy (non-hydrogen) atoms. The SMILES string of the molecule is CC(C)(C)OC(=O)CC1(NC(=O)OC(C)(C)C)CCN(Cc2ccccc2)CC1. The molecule has 0 atom stereocenters. The van der Waals surface area contributed by atoms with Gasteiger partial charge in [-0.05, 0) is 59.9 Å². The molecule has 162 valence electrons. The number of carbonyl (C=O) groups excluding carboxylic acids is 2. The minimum absolute atomic E-state index is 0.142. The summed E-state index contributed by atoms with van der Waals surface area (Å²) in [6, 6.07) is 10.3. The average Bonchev–Trinajstić information content (AvgIpc) is 2.54. The first-order valence-corrected chi connectivity index (χ1v) is 10.4. The number of amides is 1. The molecule has 2 rings (SSSR count). The maximum Gasteiger partial charge on any atom is 0.408 e. The number of benzene rings is 1. The molecule has 0 radical (unpaired) electrons. The van der Waals surface area contributed by atoms with Gasteiger partial charge in [-0.1, -0.05) is 30.3 Å². The smallest absolute Gasteiger partial charge is 0.408 e. The number of hydrogen-bond donors (Lipinski definition) is 1. The zero-order chi connectivity index (χ0) is 21.7. The Morgan fingerprint density at radius 1 is 0.966 bits per heavy atom. The molecule has 0 spiro atoms. The monoisotopic (exact) mass is 404 g/mol. The van der Waals surface area contributed by atoms with Crippen LogP contribution >= 0.6 is 0 Å². The van der Waals surface area contributed by atoms with Gasteiger partial charge >= 0.3 is 12.1 Å². The highest BCUT2D eigenvalue weighted by molar-refractivity contribution is 5.74. The Morgan fingerprint density at radius 2 is 1.52 bits per heavy atom. The van der Waals surface area contributed by atoms with Crippen LogP contribution in [0.15, 0.2) is 30.3 Å². The third-order valence-corrected chi connectivity index (χ3v) is 4.73. The van der Waals surface area contributed by atoms with Crippen molar-refractivity contribution in [3.63, 3.8) is 0 Å². The van der Waals surface area contributed by atoms with Crippen LogP contribution in [0.2, 0.25) is 0 Å². The maximum absolute atomic E-state index is 12.5. The fourth-order valence-electron chi connectivity index (χ4n) is 3.50. The molecule has 0 saturated carbocycles. The topological polar surface area (TPSA) is 67.9 Å². The summed E-state index contributed by atoms with van der Waals surface area (Å²) in [7, 11) is 0. The Hall–Kier alpha value is -2.08. The number of alkyl carbamates (subject to hydrolysis) is 1. The third-order valence-electron chi connectivity index (χ3n) is 4.73. The lowest BCUT2D eigenvalue weighted by Gasteiger charge is -2.42.